The third-order valence-corrected chi connectivity index (χ3v) is 6.66. The first-order chi connectivity index (χ1) is 14.8. The molecular formula is C23H25N3O4S. The van der Waals surface area contributed by atoms with E-state index in [1.807, 2.05) is 22.4 Å². The Morgan fingerprint density at radius 2 is 1.81 bits per heavy atom. The highest BCUT2D eigenvalue weighted by Gasteiger charge is 2.37. The van der Waals surface area contributed by atoms with Crippen LogP contribution in [0.15, 0.2) is 35.7 Å². The normalized spacial score (nSPS) is 16.7. The quantitative estimate of drug-likeness (QED) is 0.726. The molecule has 2 aliphatic rings. The summed E-state index contributed by atoms with van der Waals surface area (Å²) in [4.78, 5) is 54.3. The lowest BCUT2D eigenvalue weighted by molar-refractivity contribution is -0.131. The maximum absolute atomic E-state index is 12.7. The summed E-state index contributed by atoms with van der Waals surface area (Å²) in [5.74, 6) is -0.832. The van der Waals surface area contributed by atoms with E-state index in [0.29, 0.717) is 43.5 Å². The first kappa shape index (κ1) is 21.2. The van der Waals surface area contributed by atoms with Gasteiger partial charge < -0.3 is 10.2 Å². The molecule has 1 saturated heterocycles. The number of carbonyl (C=O) groups excluding carboxylic acids is 4. The Morgan fingerprint density at radius 1 is 1.10 bits per heavy atom. The van der Waals surface area contributed by atoms with Crippen LogP contribution in [0, 0.1) is 0 Å². The van der Waals surface area contributed by atoms with Gasteiger partial charge in [-0.15, -0.1) is 11.3 Å². The maximum Gasteiger partial charge on any atom is 0.261 e. The molecule has 0 unspecified atom stereocenters. The van der Waals surface area contributed by atoms with Crippen LogP contribution in [0.4, 0.5) is 0 Å². The van der Waals surface area contributed by atoms with E-state index >= 15 is 0 Å². The Kier molecular flexibility index (Phi) is 5.91. The van der Waals surface area contributed by atoms with Gasteiger partial charge in [-0.1, -0.05) is 6.07 Å². The Bertz CT molecular complexity index is 1020. The summed E-state index contributed by atoms with van der Waals surface area (Å²) in [6, 6.07) is 8.28. The highest BCUT2D eigenvalue weighted by molar-refractivity contribution is 7.10. The van der Waals surface area contributed by atoms with E-state index in [-0.39, 0.29) is 41.3 Å². The molecule has 7 nitrogen and oxygen atoms in total. The third kappa shape index (κ3) is 4.25. The Labute approximate surface area is 185 Å². The zero-order valence-electron chi connectivity index (χ0n) is 17.6. The summed E-state index contributed by atoms with van der Waals surface area (Å²) in [5, 5.41) is 4.97. The standard InChI is InChI=1S/C23H25N3O4S/c1-14(2)26-22(29)18-6-5-15(12-19(18)23(26)30)21(28)24-16-7-9-25(10-8-16)20(27)13-17-4-3-11-31-17/h3-6,11-12,14,16H,7-10,13H2,1-2H3,(H,24,28). The smallest absolute Gasteiger partial charge is 0.261 e. The molecule has 4 rings (SSSR count). The van der Waals surface area contributed by atoms with Crippen LogP contribution in [-0.4, -0.2) is 58.6 Å². The lowest BCUT2D eigenvalue weighted by Crippen LogP contribution is -2.46. The minimum absolute atomic E-state index is 0.0314. The molecule has 8 heteroatoms. The number of hydrogen-bond acceptors (Lipinski definition) is 5. The minimum Gasteiger partial charge on any atom is -0.349 e. The van der Waals surface area contributed by atoms with Crippen LogP contribution in [0.2, 0.25) is 0 Å². The van der Waals surface area contributed by atoms with Crippen molar-refractivity contribution >= 4 is 35.0 Å². The van der Waals surface area contributed by atoms with Crippen LogP contribution in [-0.2, 0) is 11.2 Å². The van der Waals surface area contributed by atoms with E-state index in [2.05, 4.69) is 5.32 Å². The van der Waals surface area contributed by atoms with Crippen molar-refractivity contribution in [2.45, 2.75) is 45.2 Å². The molecule has 1 fully saturated rings. The maximum atomic E-state index is 12.7. The molecule has 4 amide bonds. The molecule has 0 spiro atoms. The number of likely N-dealkylation sites (tertiary alicyclic amines) is 1. The second-order valence-corrected chi connectivity index (χ2v) is 9.25. The second-order valence-electron chi connectivity index (χ2n) is 8.22. The van der Waals surface area contributed by atoms with E-state index in [1.54, 1.807) is 37.3 Å². The average Bonchev–Trinajstić information content (AvgIpc) is 3.34. The van der Waals surface area contributed by atoms with Crippen molar-refractivity contribution < 1.29 is 19.2 Å². The predicted molar refractivity (Wildman–Crippen MR) is 117 cm³/mol. The van der Waals surface area contributed by atoms with Gasteiger partial charge in [0.2, 0.25) is 5.91 Å². The van der Waals surface area contributed by atoms with Gasteiger partial charge in [-0.05, 0) is 56.3 Å². The summed E-state index contributed by atoms with van der Waals surface area (Å²) in [6.45, 7) is 4.78. The van der Waals surface area contributed by atoms with Crippen molar-refractivity contribution in [1.29, 1.82) is 0 Å². The van der Waals surface area contributed by atoms with Gasteiger partial charge in [0.1, 0.15) is 0 Å². The van der Waals surface area contributed by atoms with Gasteiger partial charge in [0.25, 0.3) is 17.7 Å². The van der Waals surface area contributed by atoms with E-state index in [9.17, 15) is 19.2 Å². The second kappa shape index (κ2) is 8.63. The van der Waals surface area contributed by atoms with E-state index in [0.717, 1.165) is 4.88 Å². The first-order valence-corrected chi connectivity index (χ1v) is 11.4. The van der Waals surface area contributed by atoms with Crippen molar-refractivity contribution in [3.63, 3.8) is 0 Å². The summed E-state index contributed by atoms with van der Waals surface area (Å²) in [6.07, 6.45) is 1.79. The van der Waals surface area contributed by atoms with Crippen LogP contribution >= 0.6 is 11.3 Å². The highest BCUT2D eigenvalue weighted by Crippen LogP contribution is 2.26. The summed E-state index contributed by atoms with van der Waals surface area (Å²) in [5.41, 5.74) is 0.981. The Morgan fingerprint density at radius 3 is 2.45 bits per heavy atom. The largest absolute Gasteiger partial charge is 0.349 e. The molecule has 2 aromatic rings. The molecule has 0 bridgehead atoms. The van der Waals surface area contributed by atoms with E-state index < -0.39 is 0 Å². The molecule has 3 heterocycles. The molecule has 1 aromatic carbocycles. The van der Waals surface area contributed by atoms with Crippen molar-refractivity contribution in [3.8, 4) is 0 Å². The zero-order chi connectivity index (χ0) is 22.1. The predicted octanol–water partition coefficient (Wildman–Crippen LogP) is 2.72. The molecule has 2 aliphatic heterocycles. The fourth-order valence-electron chi connectivity index (χ4n) is 4.09. The van der Waals surface area contributed by atoms with Crippen LogP contribution in [0.5, 0.6) is 0 Å². The van der Waals surface area contributed by atoms with Gasteiger partial charge in [-0.2, -0.15) is 0 Å². The fourth-order valence-corrected chi connectivity index (χ4v) is 4.78. The molecule has 1 aromatic heterocycles. The molecule has 0 aliphatic carbocycles. The average molecular weight is 440 g/mol. The number of amides is 4. The Balaban J connectivity index is 1.34. The van der Waals surface area contributed by atoms with Gasteiger partial charge in [0.15, 0.2) is 0 Å². The molecule has 1 N–H and O–H groups in total. The molecule has 162 valence electrons. The van der Waals surface area contributed by atoms with Crippen molar-refractivity contribution in [3.05, 3.63) is 57.3 Å². The van der Waals surface area contributed by atoms with E-state index in [4.69, 9.17) is 0 Å². The third-order valence-electron chi connectivity index (χ3n) is 5.79. The van der Waals surface area contributed by atoms with Crippen LogP contribution in [0.1, 0.15) is 62.6 Å². The fraction of sp³-hybridized carbons (Fsp3) is 0.391. The van der Waals surface area contributed by atoms with Crippen LogP contribution < -0.4 is 5.32 Å². The number of rotatable bonds is 5. The van der Waals surface area contributed by atoms with Crippen molar-refractivity contribution in [2.24, 2.45) is 0 Å². The molecule has 0 saturated carbocycles. The van der Waals surface area contributed by atoms with Crippen LogP contribution in [0.25, 0.3) is 0 Å². The number of fused-ring (bicyclic) bond motifs is 1. The number of carbonyl (C=O) groups is 4. The minimum atomic E-state index is -0.359. The molecule has 31 heavy (non-hydrogen) atoms. The molecular weight excluding hydrogens is 414 g/mol. The summed E-state index contributed by atoms with van der Waals surface area (Å²) in [7, 11) is 0. The molecule has 0 atom stereocenters. The van der Waals surface area contributed by atoms with Gasteiger partial charge in [0, 0.05) is 35.6 Å². The van der Waals surface area contributed by atoms with Gasteiger partial charge in [-0.25, -0.2) is 0 Å². The van der Waals surface area contributed by atoms with Gasteiger partial charge >= 0.3 is 0 Å². The number of piperidine rings is 1. The number of thiophene rings is 1. The van der Waals surface area contributed by atoms with Crippen LogP contribution in [0.3, 0.4) is 0 Å². The number of imide groups is 1. The summed E-state index contributed by atoms with van der Waals surface area (Å²) >= 11 is 1.58. The van der Waals surface area contributed by atoms with Gasteiger partial charge in [-0.3, -0.25) is 24.1 Å². The topological polar surface area (TPSA) is 86.8 Å². The number of nitrogens with one attached hydrogen (secondary N) is 1. The molecule has 0 radical (unpaired) electrons. The van der Waals surface area contributed by atoms with Gasteiger partial charge in [0.05, 0.1) is 17.5 Å². The number of nitrogens with zero attached hydrogens (tertiary/aromatic N) is 2. The van der Waals surface area contributed by atoms with Crippen molar-refractivity contribution in [2.75, 3.05) is 13.1 Å². The summed E-state index contributed by atoms with van der Waals surface area (Å²) < 4.78 is 0. The monoisotopic (exact) mass is 439 g/mol. The van der Waals surface area contributed by atoms with E-state index in [1.165, 1.54) is 11.0 Å². The van der Waals surface area contributed by atoms with Crippen molar-refractivity contribution in [1.82, 2.24) is 15.1 Å². The lowest BCUT2D eigenvalue weighted by Gasteiger charge is -2.32. The highest BCUT2D eigenvalue weighted by atomic mass is 32.1. The zero-order valence-corrected chi connectivity index (χ0v) is 18.4. The number of benzene rings is 1. The SMILES string of the molecule is CC(C)N1C(=O)c2ccc(C(=O)NC3CCN(C(=O)Cc4cccs4)CC3)cc2C1=O. The number of hydrogen-bond donors (Lipinski definition) is 1. The lowest BCUT2D eigenvalue weighted by atomic mass is 10.0. The first-order valence-electron chi connectivity index (χ1n) is 10.5. The Hall–Kier alpha value is -3.00.